The van der Waals surface area contributed by atoms with Crippen molar-refractivity contribution in [1.82, 2.24) is 15.1 Å². The highest BCUT2D eigenvalue weighted by Crippen LogP contribution is 2.07. The monoisotopic (exact) mass is 240 g/mol. The number of aromatic nitrogens is 2. The lowest BCUT2D eigenvalue weighted by Crippen LogP contribution is -2.31. The van der Waals surface area contributed by atoms with Gasteiger partial charge in [0, 0.05) is 25.9 Å². The molecule has 1 atom stereocenters. The van der Waals surface area contributed by atoms with Crippen LogP contribution in [0.15, 0.2) is 12.4 Å². The van der Waals surface area contributed by atoms with Crippen molar-refractivity contribution in [1.29, 1.82) is 0 Å². The highest BCUT2D eigenvalue weighted by Gasteiger charge is 2.14. The van der Waals surface area contributed by atoms with Crippen LogP contribution in [0.25, 0.3) is 0 Å². The Morgan fingerprint density at radius 1 is 1.64 bits per heavy atom. The second-order valence-electron chi connectivity index (χ2n) is 2.54. The van der Waals surface area contributed by atoms with Crippen LogP contribution in [0.4, 0.5) is 0 Å². The van der Waals surface area contributed by atoms with Gasteiger partial charge >= 0.3 is 0 Å². The summed E-state index contributed by atoms with van der Waals surface area (Å²) in [5.41, 5.74) is 6.32. The van der Waals surface area contributed by atoms with Crippen LogP contribution in [0.2, 0.25) is 0 Å². The fraction of sp³-hybridized carbons (Fsp3) is 0.429. The molecule has 0 aliphatic carbocycles. The van der Waals surface area contributed by atoms with Crippen molar-refractivity contribution in [3.8, 4) is 0 Å². The maximum atomic E-state index is 11.0. The number of rotatable bonds is 2. The smallest absolute Gasteiger partial charge is 0.241 e. The molecule has 0 saturated heterocycles. The summed E-state index contributed by atoms with van der Waals surface area (Å²) in [7, 11) is 3.33. The molecule has 1 aromatic heterocycles. The molecule has 0 aliphatic heterocycles. The summed E-state index contributed by atoms with van der Waals surface area (Å²) >= 11 is 0. The van der Waals surface area contributed by atoms with E-state index < -0.39 is 6.04 Å². The molecule has 14 heavy (non-hydrogen) atoms. The molecule has 1 rings (SSSR count). The fourth-order valence-electron chi connectivity index (χ4n) is 0.908. The normalized spacial score (nSPS) is 10.8. The van der Waals surface area contributed by atoms with E-state index in [1.54, 1.807) is 31.2 Å². The second kappa shape index (κ2) is 6.64. The molecule has 3 N–H and O–H groups in total. The van der Waals surface area contributed by atoms with Crippen LogP contribution in [0, 0.1) is 0 Å². The summed E-state index contributed by atoms with van der Waals surface area (Å²) in [5, 5.41) is 6.38. The summed E-state index contributed by atoms with van der Waals surface area (Å²) in [4.78, 5) is 11.0. The van der Waals surface area contributed by atoms with Crippen LogP contribution in [-0.2, 0) is 11.8 Å². The molecule has 0 aromatic carbocycles. The van der Waals surface area contributed by atoms with Crippen molar-refractivity contribution in [3.63, 3.8) is 0 Å². The Morgan fingerprint density at radius 2 is 2.21 bits per heavy atom. The number of carbonyl (C=O) groups is 1. The van der Waals surface area contributed by atoms with Gasteiger partial charge in [-0.3, -0.25) is 9.48 Å². The number of nitrogens with zero attached hydrogens (tertiary/aromatic N) is 2. The van der Waals surface area contributed by atoms with Crippen LogP contribution in [-0.4, -0.2) is 22.7 Å². The number of hydrogen-bond donors (Lipinski definition) is 2. The summed E-state index contributed by atoms with van der Waals surface area (Å²) < 4.78 is 1.61. The van der Waals surface area contributed by atoms with Gasteiger partial charge in [-0.15, -0.1) is 24.8 Å². The Hall–Kier alpha value is -0.780. The van der Waals surface area contributed by atoms with E-state index in [1.165, 1.54) is 0 Å². The first-order chi connectivity index (χ1) is 5.65. The highest BCUT2D eigenvalue weighted by molar-refractivity contribution is 5.85. The van der Waals surface area contributed by atoms with Crippen LogP contribution in [0.5, 0.6) is 0 Å². The zero-order valence-corrected chi connectivity index (χ0v) is 9.56. The Labute approximate surface area is 94.9 Å². The first kappa shape index (κ1) is 15.7. The van der Waals surface area contributed by atoms with Gasteiger partial charge in [-0.25, -0.2) is 0 Å². The van der Waals surface area contributed by atoms with E-state index in [2.05, 4.69) is 10.4 Å². The largest absolute Gasteiger partial charge is 0.358 e. The molecule has 0 aliphatic rings. The molecular formula is C7H14Cl2N4O. The summed E-state index contributed by atoms with van der Waals surface area (Å²) in [5.74, 6) is -0.206. The number of amides is 1. The van der Waals surface area contributed by atoms with Crippen molar-refractivity contribution in [2.45, 2.75) is 6.04 Å². The lowest BCUT2D eigenvalue weighted by molar-refractivity contribution is -0.121. The molecular weight excluding hydrogens is 227 g/mol. The van der Waals surface area contributed by atoms with Gasteiger partial charge in [-0.05, 0) is 0 Å². The Bertz CT molecular complexity index is 289. The predicted octanol–water partition coefficient (Wildman–Crippen LogP) is 0.00950. The SMILES string of the molecule is CNC(=O)C(N)c1cnn(C)c1.Cl.Cl. The molecule has 1 aromatic rings. The van der Waals surface area contributed by atoms with Crippen LogP contribution in [0.3, 0.4) is 0 Å². The summed E-state index contributed by atoms with van der Waals surface area (Å²) in [6, 6.07) is -0.622. The molecule has 1 heterocycles. The minimum Gasteiger partial charge on any atom is -0.358 e. The summed E-state index contributed by atoms with van der Waals surface area (Å²) in [6.45, 7) is 0. The minimum absolute atomic E-state index is 0. The molecule has 0 saturated carbocycles. The first-order valence-corrected chi connectivity index (χ1v) is 3.61. The molecule has 0 spiro atoms. The van der Waals surface area contributed by atoms with Gasteiger partial charge in [0.2, 0.25) is 5.91 Å². The quantitative estimate of drug-likeness (QED) is 0.766. The Morgan fingerprint density at radius 3 is 2.57 bits per heavy atom. The Balaban J connectivity index is 0. The number of nitrogens with one attached hydrogen (secondary N) is 1. The fourth-order valence-corrected chi connectivity index (χ4v) is 0.908. The van der Waals surface area contributed by atoms with Crippen LogP contribution < -0.4 is 11.1 Å². The van der Waals surface area contributed by atoms with Crippen LogP contribution in [0.1, 0.15) is 11.6 Å². The lowest BCUT2D eigenvalue weighted by Gasteiger charge is -2.05. The van der Waals surface area contributed by atoms with Gasteiger partial charge in [0.05, 0.1) is 6.20 Å². The molecule has 82 valence electrons. The number of hydrogen-bond acceptors (Lipinski definition) is 3. The van der Waals surface area contributed by atoms with E-state index in [1.807, 2.05) is 0 Å². The van der Waals surface area contributed by atoms with E-state index in [-0.39, 0.29) is 30.7 Å². The van der Waals surface area contributed by atoms with E-state index in [0.717, 1.165) is 5.56 Å². The van der Waals surface area contributed by atoms with Crippen molar-refractivity contribution in [3.05, 3.63) is 18.0 Å². The van der Waals surface area contributed by atoms with Gasteiger partial charge in [-0.2, -0.15) is 5.10 Å². The van der Waals surface area contributed by atoms with Gasteiger partial charge in [-0.1, -0.05) is 0 Å². The maximum absolute atomic E-state index is 11.0. The van der Waals surface area contributed by atoms with Gasteiger partial charge in [0.15, 0.2) is 0 Å². The summed E-state index contributed by atoms with van der Waals surface area (Å²) in [6.07, 6.45) is 3.31. The van der Waals surface area contributed by atoms with E-state index in [4.69, 9.17) is 5.73 Å². The third-order valence-corrected chi connectivity index (χ3v) is 1.61. The molecule has 1 unspecified atom stereocenters. The first-order valence-electron chi connectivity index (χ1n) is 3.61. The van der Waals surface area contributed by atoms with Crippen molar-refractivity contribution >= 4 is 30.7 Å². The van der Waals surface area contributed by atoms with E-state index >= 15 is 0 Å². The molecule has 0 fully saturated rings. The third kappa shape index (κ3) is 3.53. The molecule has 0 radical (unpaired) electrons. The highest BCUT2D eigenvalue weighted by atomic mass is 35.5. The molecule has 7 heteroatoms. The van der Waals surface area contributed by atoms with Gasteiger partial charge in [0.25, 0.3) is 0 Å². The standard InChI is InChI=1S/C7H12N4O.2ClH/c1-9-7(12)6(8)5-3-10-11(2)4-5;;/h3-4,6H,8H2,1-2H3,(H,9,12);2*1H. The number of likely N-dealkylation sites (N-methyl/N-ethyl adjacent to an activating group) is 1. The van der Waals surface area contributed by atoms with Crippen molar-refractivity contribution in [2.24, 2.45) is 12.8 Å². The predicted molar refractivity (Wildman–Crippen MR) is 58.7 cm³/mol. The zero-order valence-electron chi connectivity index (χ0n) is 7.93. The number of carbonyl (C=O) groups excluding carboxylic acids is 1. The molecule has 0 bridgehead atoms. The molecule has 5 nitrogen and oxygen atoms in total. The van der Waals surface area contributed by atoms with E-state index in [0.29, 0.717) is 0 Å². The lowest BCUT2D eigenvalue weighted by atomic mass is 10.2. The topological polar surface area (TPSA) is 72.9 Å². The zero-order chi connectivity index (χ0) is 9.14. The van der Waals surface area contributed by atoms with Crippen molar-refractivity contribution in [2.75, 3.05) is 7.05 Å². The second-order valence-corrected chi connectivity index (χ2v) is 2.54. The Kier molecular flexibility index (Phi) is 7.44. The number of aryl methyl sites for hydroxylation is 1. The average molecular weight is 241 g/mol. The van der Waals surface area contributed by atoms with Crippen molar-refractivity contribution < 1.29 is 4.79 Å². The average Bonchev–Trinajstić information content (AvgIpc) is 2.49. The van der Waals surface area contributed by atoms with Gasteiger partial charge < -0.3 is 11.1 Å². The minimum atomic E-state index is -0.622. The van der Waals surface area contributed by atoms with Crippen LogP contribution >= 0.6 is 24.8 Å². The maximum Gasteiger partial charge on any atom is 0.241 e. The number of nitrogens with two attached hydrogens (primary N) is 1. The number of halogens is 2. The van der Waals surface area contributed by atoms with Gasteiger partial charge in [0.1, 0.15) is 6.04 Å². The molecule has 1 amide bonds. The van der Waals surface area contributed by atoms with E-state index in [9.17, 15) is 4.79 Å². The third-order valence-electron chi connectivity index (χ3n) is 1.61.